The molecule has 2 saturated heterocycles. The lowest BCUT2D eigenvalue weighted by Crippen LogP contribution is -2.35. The van der Waals surface area contributed by atoms with Gasteiger partial charge in [0.1, 0.15) is 0 Å². The largest absolute Gasteiger partial charge is 0.341 e. The molecule has 3 aliphatic heterocycles. The molecule has 2 aromatic rings. The van der Waals surface area contributed by atoms with Crippen molar-refractivity contribution in [2.45, 2.75) is 36.3 Å². The summed E-state index contributed by atoms with van der Waals surface area (Å²) in [6.45, 7) is 3.96. The van der Waals surface area contributed by atoms with Gasteiger partial charge in [-0.15, -0.1) is 0 Å². The number of sulfone groups is 1. The van der Waals surface area contributed by atoms with Crippen LogP contribution >= 0.6 is 0 Å². The molecule has 2 fully saturated rings. The highest BCUT2D eigenvalue weighted by Gasteiger charge is 2.47. The summed E-state index contributed by atoms with van der Waals surface area (Å²) in [5, 5.41) is -0.372. The lowest BCUT2D eigenvalue weighted by atomic mass is 10.00. The van der Waals surface area contributed by atoms with Gasteiger partial charge in [0, 0.05) is 62.8 Å². The zero-order valence-corrected chi connectivity index (χ0v) is 16.0. The maximum Gasteiger partial charge on any atom is 0.225 e. The summed E-state index contributed by atoms with van der Waals surface area (Å²) in [4.78, 5) is 17.9. The molecule has 2 atom stereocenters. The van der Waals surface area contributed by atoms with E-state index < -0.39 is 9.84 Å². The van der Waals surface area contributed by atoms with E-state index in [1.54, 1.807) is 12.4 Å². The fourth-order valence-corrected chi connectivity index (χ4v) is 6.62. The zero-order valence-electron chi connectivity index (χ0n) is 15.2. The second kappa shape index (κ2) is 6.53. The number of anilines is 1. The fraction of sp³-hybridized carbons (Fsp3) is 0.526. The molecule has 3 aliphatic rings. The van der Waals surface area contributed by atoms with E-state index in [-0.39, 0.29) is 16.9 Å². The Labute approximate surface area is 159 Å². The van der Waals surface area contributed by atoms with Gasteiger partial charge in [-0.25, -0.2) is 18.4 Å². The molecular weight excluding hydrogens is 362 g/mol. The van der Waals surface area contributed by atoms with Gasteiger partial charge >= 0.3 is 0 Å². The number of pyridine rings is 1. The summed E-state index contributed by atoms with van der Waals surface area (Å²) >= 11 is 0. The van der Waals surface area contributed by atoms with Crippen LogP contribution in [0.5, 0.6) is 0 Å². The molecule has 7 nitrogen and oxygen atoms in total. The highest BCUT2D eigenvalue weighted by Crippen LogP contribution is 2.40. The molecule has 142 valence electrons. The minimum absolute atomic E-state index is 0.0600. The molecule has 0 bridgehead atoms. The Morgan fingerprint density at radius 2 is 2.00 bits per heavy atom. The van der Waals surface area contributed by atoms with Gasteiger partial charge in [0.15, 0.2) is 9.84 Å². The van der Waals surface area contributed by atoms with E-state index in [4.69, 9.17) is 4.98 Å². The van der Waals surface area contributed by atoms with Crippen molar-refractivity contribution < 1.29 is 8.42 Å². The Kier molecular flexibility index (Phi) is 4.12. The normalized spacial score (nSPS) is 26.7. The van der Waals surface area contributed by atoms with Crippen LogP contribution in [0.1, 0.15) is 35.6 Å². The lowest BCUT2D eigenvalue weighted by molar-refractivity contribution is 0.326. The van der Waals surface area contributed by atoms with Gasteiger partial charge < -0.3 is 4.90 Å². The van der Waals surface area contributed by atoms with E-state index in [2.05, 4.69) is 19.8 Å². The van der Waals surface area contributed by atoms with Crippen LogP contribution in [-0.2, 0) is 22.1 Å². The average molecular weight is 385 g/mol. The monoisotopic (exact) mass is 385 g/mol. The van der Waals surface area contributed by atoms with Crippen LogP contribution in [0.15, 0.2) is 30.7 Å². The Hall–Kier alpha value is -2.06. The van der Waals surface area contributed by atoms with Crippen molar-refractivity contribution in [1.29, 1.82) is 0 Å². The molecule has 0 unspecified atom stereocenters. The van der Waals surface area contributed by atoms with E-state index in [1.807, 2.05) is 18.3 Å². The smallest absolute Gasteiger partial charge is 0.225 e. The summed E-state index contributed by atoms with van der Waals surface area (Å²) in [7, 11) is -3.18. The fourth-order valence-electron chi connectivity index (χ4n) is 4.59. The van der Waals surface area contributed by atoms with Gasteiger partial charge in [-0.3, -0.25) is 9.88 Å². The molecule has 5 heterocycles. The molecular formula is C19H23N5O2S. The molecule has 0 aliphatic carbocycles. The van der Waals surface area contributed by atoms with Crippen molar-refractivity contribution in [1.82, 2.24) is 19.9 Å². The Balaban J connectivity index is 1.46. The molecule has 5 rings (SSSR count). The molecule has 8 heteroatoms. The molecule has 2 aromatic heterocycles. The van der Waals surface area contributed by atoms with Crippen molar-refractivity contribution in [2.75, 3.05) is 31.1 Å². The predicted octanol–water partition coefficient (Wildman–Crippen LogP) is 1.37. The summed E-state index contributed by atoms with van der Waals surface area (Å²) < 4.78 is 25.7. The minimum atomic E-state index is -3.18. The summed E-state index contributed by atoms with van der Waals surface area (Å²) in [6, 6.07) is 3.95. The number of fused-ring (bicyclic) bond motifs is 3. The molecule has 0 amide bonds. The van der Waals surface area contributed by atoms with Crippen molar-refractivity contribution in [3.05, 3.63) is 47.5 Å². The third-order valence-electron chi connectivity index (χ3n) is 5.91. The number of rotatable bonds is 3. The Morgan fingerprint density at radius 3 is 2.78 bits per heavy atom. The van der Waals surface area contributed by atoms with Gasteiger partial charge in [0.2, 0.25) is 5.95 Å². The zero-order chi connectivity index (χ0) is 18.4. The molecule has 0 saturated carbocycles. The van der Waals surface area contributed by atoms with Crippen LogP contribution in [0, 0.1) is 0 Å². The first kappa shape index (κ1) is 17.1. The molecule has 0 radical (unpaired) electrons. The average Bonchev–Trinajstić information content (AvgIpc) is 3.33. The first-order chi connectivity index (χ1) is 13.1. The van der Waals surface area contributed by atoms with Crippen LogP contribution in [0.25, 0.3) is 0 Å². The molecule has 27 heavy (non-hydrogen) atoms. The van der Waals surface area contributed by atoms with Gasteiger partial charge in [-0.1, -0.05) is 6.07 Å². The van der Waals surface area contributed by atoms with Gasteiger partial charge in [0.05, 0.1) is 16.7 Å². The van der Waals surface area contributed by atoms with Crippen molar-refractivity contribution >= 4 is 15.8 Å². The van der Waals surface area contributed by atoms with E-state index in [9.17, 15) is 8.42 Å². The first-order valence-electron chi connectivity index (χ1n) is 9.54. The highest BCUT2D eigenvalue weighted by molar-refractivity contribution is 7.91. The van der Waals surface area contributed by atoms with Crippen LogP contribution in [-0.4, -0.2) is 59.7 Å². The van der Waals surface area contributed by atoms with E-state index >= 15 is 0 Å². The number of hydrogen-bond donors (Lipinski definition) is 0. The van der Waals surface area contributed by atoms with E-state index in [0.717, 1.165) is 42.4 Å². The van der Waals surface area contributed by atoms with Crippen molar-refractivity contribution in [3.8, 4) is 0 Å². The van der Waals surface area contributed by atoms with Gasteiger partial charge in [-0.05, 0) is 24.5 Å². The number of hydrogen-bond acceptors (Lipinski definition) is 7. The summed E-state index contributed by atoms with van der Waals surface area (Å²) in [5.41, 5.74) is 2.83. The summed E-state index contributed by atoms with van der Waals surface area (Å²) in [6.07, 6.45) is 7.68. The maximum atomic E-state index is 12.9. The maximum absolute atomic E-state index is 12.9. The molecule has 0 N–H and O–H groups in total. The Morgan fingerprint density at radius 1 is 1.15 bits per heavy atom. The third-order valence-corrected chi connectivity index (χ3v) is 8.03. The van der Waals surface area contributed by atoms with Crippen LogP contribution in [0.4, 0.5) is 5.95 Å². The second-order valence-corrected chi connectivity index (χ2v) is 10.0. The predicted molar refractivity (Wildman–Crippen MR) is 102 cm³/mol. The highest BCUT2D eigenvalue weighted by atomic mass is 32.2. The second-order valence-electron chi connectivity index (χ2n) is 7.78. The third kappa shape index (κ3) is 3.10. The minimum Gasteiger partial charge on any atom is -0.341 e. The van der Waals surface area contributed by atoms with E-state index in [1.165, 1.54) is 12.8 Å². The quantitative estimate of drug-likeness (QED) is 0.789. The van der Waals surface area contributed by atoms with Crippen molar-refractivity contribution in [3.63, 3.8) is 0 Å². The van der Waals surface area contributed by atoms with Crippen LogP contribution < -0.4 is 4.90 Å². The number of aromatic nitrogens is 3. The Bertz CT molecular complexity index is 944. The van der Waals surface area contributed by atoms with Gasteiger partial charge in [0.25, 0.3) is 0 Å². The summed E-state index contributed by atoms with van der Waals surface area (Å²) in [5.74, 6) is 0.750. The van der Waals surface area contributed by atoms with Crippen molar-refractivity contribution in [2.24, 2.45) is 0 Å². The van der Waals surface area contributed by atoms with E-state index in [0.29, 0.717) is 13.1 Å². The van der Waals surface area contributed by atoms with Crippen LogP contribution in [0.2, 0.25) is 0 Å². The van der Waals surface area contributed by atoms with Crippen LogP contribution in [0.3, 0.4) is 0 Å². The molecule has 0 spiro atoms. The lowest BCUT2D eigenvalue weighted by Gasteiger charge is -2.27. The molecule has 0 aromatic carbocycles. The standard InChI is InChI=1S/C19H23N5O2S/c25-27(26)13-15-9-21-19(24-6-1-2-7-24)22-18(15)16-11-23(12-17(16)27)10-14-4-3-5-20-8-14/h3-5,8-9,16-17H,1-2,6-7,10-13H2/t16-,17+/m0/s1. The SMILES string of the molecule is O=S1(=O)Cc2cnc(N3CCCC3)nc2[C@H]2CN(Cc3cccnc3)C[C@H]21. The van der Waals surface area contributed by atoms with Gasteiger partial charge in [-0.2, -0.15) is 0 Å². The number of likely N-dealkylation sites (tertiary alicyclic amines) is 1. The topological polar surface area (TPSA) is 79.3 Å². The first-order valence-corrected chi connectivity index (χ1v) is 11.3. The number of nitrogens with zero attached hydrogens (tertiary/aromatic N) is 5.